The van der Waals surface area contributed by atoms with Crippen LogP contribution in [0.1, 0.15) is 22.3 Å². The van der Waals surface area contributed by atoms with E-state index in [4.69, 9.17) is 0 Å². The van der Waals surface area contributed by atoms with Crippen LogP contribution in [0.5, 0.6) is 0 Å². The summed E-state index contributed by atoms with van der Waals surface area (Å²) < 4.78 is 2.12. The monoisotopic (exact) mass is 438 g/mol. The average Bonchev–Trinajstić information content (AvgIpc) is 3.18. The molecule has 1 atom stereocenters. The maximum atomic E-state index is 12.8. The van der Waals surface area contributed by atoms with Crippen molar-refractivity contribution in [1.82, 2.24) is 9.88 Å². The molecule has 0 spiro atoms. The summed E-state index contributed by atoms with van der Waals surface area (Å²) in [6.07, 6.45) is 1.82. The second kappa shape index (κ2) is 8.63. The van der Waals surface area contributed by atoms with Gasteiger partial charge in [0.2, 0.25) is 11.8 Å². The van der Waals surface area contributed by atoms with Crippen LogP contribution in [0.25, 0.3) is 10.9 Å². The van der Waals surface area contributed by atoms with Crippen LogP contribution in [-0.4, -0.2) is 28.3 Å². The molecule has 3 N–H and O–H groups in total. The molecule has 4 aromatic rings. The number of anilines is 2. The predicted molar refractivity (Wildman–Crippen MR) is 127 cm³/mol. The van der Waals surface area contributed by atoms with Crippen LogP contribution >= 0.6 is 0 Å². The maximum absolute atomic E-state index is 12.8. The van der Waals surface area contributed by atoms with Gasteiger partial charge in [-0.25, -0.2) is 0 Å². The van der Waals surface area contributed by atoms with E-state index in [1.807, 2.05) is 48.7 Å². The number of benzene rings is 3. The Balaban J connectivity index is 1.31. The Morgan fingerprint density at radius 3 is 2.55 bits per heavy atom. The molecule has 1 aliphatic heterocycles. The third-order valence-electron chi connectivity index (χ3n) is 5.72. The van der Waals surface area contributed by atoms with Gasteiger partial charge in [-0.15, -0.1) is 0 Å². The molecule has 33 heavy (non-hydrogen) atoms. The summed E-state index contributed by atoms with van der Waals surface area (Å²) in [6.45, 7) is 0.719. The van der Waals surface area contributed by atoms with Gasteiger partial charge in [0.05, 0.1) is 28.9 Å². The minimum Gasteiger partial charge on any atom is -0.343 e. The molecule has 7 heteroatoms. The largest absolute Gasteiger partial charge is 0.343 e. The van der Waals surface area contributed by atoms with Crippen LogP contribution in [-0.2, 0) is 16.1 Å². The van der Waals surface area contributed by atoms with Crippen LogP contribution in [0.2, 0.25) is 0 Å². The maximum Gasteiger partial charge on any atom is 0.254 e. The minimum absolute atomic E-state index is 0.174. The first-order chi connectivity index (χ1) is 16.1. The molecule has 0 radical (unpaired) electrons. The van der Waals surface area contributed by atoms with Crippen molar-refractivity contribution in [3.63, 3.8) is 0 Å². The average molecular weight is 438 g/mol. The Morgan fingerprint density at radius 1 is 0.909 bits per heavy atom. The normalized spacial score (nSPS) is 15.3. The Bertz CT molecular complexity index is 1360. The second-order valence-corrected chi connectivity index (χ2v) is 7.98. The quantitative estimate of drug-likeness (QED) is 0.443. The predicted octanol–water partition coefficient (Wildman–Crippen LogP) is 3.77. The highest BCUT2D eigenvalue weighted by molar-refractivity contribution is 6.11. The third-order valence-corrected chi connectivity index (χ3v) is 5.72. The lowest BCUT2D eigenvalue weighted by atomic mass is 10.1. The first-order valence-corrected chi connectivity index (χ1v) is 10.7. The molecular weight excluding hydrogens is 416 g/mol. The van der Waals surface area contributed by atoms with Crippen molar-refractivity contribution in [2.45, 2.75) is 19.0 Å². The number of hydrogen-bond acceptors (Lipinski definition) is 3. The van der Waals surface area contributed by atoms with Crippen molar-refractivity contribution in [3.8, 4) is 0 Å². The van der Waals surface area contributed by atoms with Gasteiger partial charge in [0, 0.05) is 18.1 Å². The zero-order chi connectivity index (χ0) is 22.8. The van der Waals surface area contributed by atoms with Gasteiger partial charge in [0.25, 0.3) is 5.91 Å². The highest BCUT2D eigenvalue weighted by Crippen LogP contribution is 2.26. The van der Waals surface area contributed by atoms with Crippen LogP contribution in [0, 0.1) is 0 Å². The molecule has 2 heterocycles. The molecule has 1 aromatic heterocycles. The van der Waals surface area contributed by atoms with Crippen LogP contribution < -0.4 is 16.0 Å². The summed E-state index contributed by atoms with van der Waals surface area (Å²) in [6, 6.07) is 23.6. The van der Waals surface area contributed by atoms with Crippen LogP contribution in [0.4, 0.5) is 11.4 Å². The van der Waals surface area contributed by atoms with Gasteiger partial charge in [-0.2, -0.15) is 0 Å². The number of nitrogens with one attached hydrogen (secondary N) is 3. The van der Waals surface area contributed by atoms with Crippen molar-refractivity contribution < 1.29 is 14.4 Å². The number of hydrogen-bond donors (Lipinski definition) is 3. The number of carbonyl (C=O) groups excluding carboxylic acids is 3. The summed E-state index contributed by atoms with van der Waals surface area (Å²) in [7, 11) is 0. The number of aromatic nitrogens is 1. The zero-order valence-electron chi connectivity index (χ0n) is 17.7. The van der Waals surface area contributed by atoms with Crippen molar-refractivity contribution in [3.05, 3.63) is 96.2 Å². The van der Waals surface area contributed by atoms with E-state index in [-0.39, 0.29) is 18.2 Å². The Morgan fingerprint density at radius 2 is 1.70 bits per heavy atom. The standard InChI is InChI=1S/C26H22N4O3/c31-24(15-22-26(33)28-21-10-5-4-9-19(21)25(32)29-22)27-20-11-6-12-23-18(20)13-14-30(23)16-17-7-2-1-3-8-17/h1-14,22H,15-16H2,(H,27,31)(H,28,33)(H,29,32). The molecule has 1 aliphatic rings. The summed E-state index contributed by atoms with van der Waals surface area (Å²) in [5.74, 6) is -1.16. The molecule has 5 rings (SSSR count). The van der Waals surface area contributed by atoms with E-state index in [0.29, 0.717) is 16.9 Å². The van der Waals surface area contributed by atoms with E-state index in [1.54, 1.807) is 24.3 Å². The van der Waals surface area contributed by atoms with E-state index in [9.17, 15) is 14.4 Å². The van der Waals surface area contributed by atoms with Gasteiger partial charge >= 0.3 is 0 Å². The number of carbonyl (C=O) groups is 3. The topological polar surface area (TPSA) is 92.2 Å². The van der Waals surface area contributed by atoms with Crippen LogP contribution in [0.15, 0.2) is 85.1 Å². The van der Waals surface area contributed by atoms with Gasteiger partial charge in [0.1, 0.15) is 6.04 Å². The first-order valence-electron chi connectivity index (χ1n) is 10.7. The molecule has 0 saturated heterocycles. The fraction of sp³-hybridized carbons (Fsp3) is 0.115. The van der Waals surface area contributed by atoms with E-state index in [2.05, 4.69) is 32.7 Å². The summed E-state index contributed by atoms with van der Waals surface area (Å²) in [4.78, 5) is 37.9. The summed E-state index contributed by atoms with van der Waals surface area (Å²) in [5, 5.41) is 9.19. The molecule has 3 amide bonds. The number of fused-ring (bicyclic) bond motifs is 2. The molecule has 0 fully saturated rings. The fourth-order valence-electron chi connectivity index (χ4n) is 4.09. The first kappa shape index (κ1) is 20.5. The smallest absolute Gasteiger partial charge is 0.254 e. The molecule has 3 aromatic carbocycles. The third kappa shape index (κ3) is 4.21. The zero-order valence-corrected chi connectivity index (χ0v) is 17.7. The SMILES string of the molecule is O=C(CC1NC(=O)c2ccccc2NC1=O)Nc1cccc2c1ccn2Cc1ccccc1. The molecule has 164 valence electrons. The fourth-order valence-corrected chi connectivity index (χ4v) is 4.09. The number of amides is 3. The van der Waals surface area contributed by atoms with Crippen molar-refractivity contribution in [2.24, 2.45) is 0 Å². The summed E-state index contributed by atoms with van der Waals surface area (Å²) >= 11 is 0. The minimum atomic E-state index is -0.966. The van der Waals surface area contributed by atoms with Crippen LogP contribution in [0.3, 0.4) is 0 Å². The van der Waals surface area contributed by atoms with E-state index in [1.165, 1.54) is 5.56 Å². The number of rotatable bonds is 5. The highest BCUT2D eigenvalue weighted by atomic mass is 16.2. The Kier molecular flexibility index (Phi) is 5.36. The molecular formula is C26H22N4O3. The highest BCUT2D eigenvalue weighted by Gasteiger charge is 2.29. The van der Waals surface area contributed by atoms with E-state index in [0.717, 1.165) is 17.4 Å². The van der Waals surface area contributed by atoms with Gasteiger partial charge < -0.3 is 20.5 Å². The van der Waals surface area contributed by atoms with Crippen molar-refractivity contribution in [2.75, 3.05) is 10.6 Å². The molecule has 0 bridgehead atoms. The van der Waals surface area contributed by atoms with Crippen molar-refractivity contribution in [1.29, 1.82) is 0 Å². The Hall–Kier alpha value is -4.39. The lowest BCUT2D eigenvalue weighted by molar-refractivity contribution is -0.122. The van der Waals surface area contributed by atoms with E-state index >= 15 is 0 Å². The van der Waals surface area contributed by atoms with E-state index < -0.39 is 11.9 Å². The lowest BCUT2D eigenvalue weighted by Gasteiger charge is -2.15. The van der Waals surface area contributed by atoms with Crippen molar-refractivity contribution >= 4 is 40.0 Å². The van der Waals surface area contributed by atoms with Gasteiger partial charge in [-0.3, -0.25) is 14.4 Å². The number of para-hydroxylation sites is 1. The summed E-state index contributed by atoms with van der Waals surface area (Å²) in [5.41, 5.74) is 3.65. The molecule has 7 nitrogen and oxygen atoms in total. The van der Waals surface area contributed by atoms with Gasteiger partial charge in [0.15, 0.2) is 0 Å². The van der Waals surface area contributed by atoms with Gasteiger partial charge in [-0.1, -0.05) is 48.5 Å². The molecule has 0 aliphatic carbocycles. The lowest BCUT2D eigenvalue weighted by Crippen LogP contribution is -2.43. The number of nitrogens with zero attached hydrogens (tertiary/aromatic N) is 1. The molecule has 1 unspecified atom stereocenters. The second-order valence-electron chi connectivity index (χ2n) is 7.98. The molecule has 0 saturated carbocycles. The Labute approximate surface area is 190 Å². The van der Waals surface area contributed by atoms with Gasteiger partial charge in [-0.05, 0) is 35.9 Å².